The van der Waals surface area contributed by atoms with Crippen LogP contribution in [-0.4, -0.2) is 83.2 Å². The van der Waals surface area contributed by atoms with Crippen molar-refractivity contribution < 1.29 is 23.2 Å². The maximum absolute atomic E-state index is 15.4. The third kappa shape index (κ3) is 5.72. The first kappa shape index (κ1) is 29.2. The van der Waals surface area contributed by atoms with Crippen molar-refractivity contribution in [3.63, 3.8) is 0 Å². The number of imide groups is 1. The third-order valence-electron chi connectivity index (χ3n) is 8.92. The minimum absolute atomic E-state index is 0.205. The molecule has 0 aliphatic carbocycles. The largest absolute Gasteiger partial charge is 0.322 e. The molecule has 0 saturated carbocycles. The van der Waals surface area contributed by atoms with E-state index in [-0.39, 0.29) is 24.8 Å². The van der Waals surface area contributed by atoms with Gasteiger partial charge in [0, 0.05) is 44.7 Å². The summed E-state index contributed by atoms with van der Waals surface area (Å²) in [6.07, 6.45) is 4.11. The molecule has 4 aliphatic rings. The van der Waals surface area contributed by atoms with E-state index in [1.54, 1.807) is 12.1 Å². The second-order valence-corrected chi connectivity index (χ2v) is 12.3. The number of alkyl halides is 2. The number of hydrogen-bond donors (Lipinski definition) is 1. The zero-order valence-electron chi connectivity index (χ0n) is 23.1. The quantitative estimate of drug-likeness (QED) is 0.472. The molecule has 2 aromatic carbocycles. The maximum Gasteiger partial charge on any atom is 0.275 e. The molecule has 0 spiro atoms. The summed E-state index contributed by atoms with van der Waals surface area (Å²) in [6.45, 7) is 2.06. The average molecular weight is 618 g/mol. The van der Waals surface area contributed by atoms with Crippen LogP contribution in [0.1, 0.15) is 52.7 Å². The molecule has 0 bridgehead atoms. The second-order valence-electron chi connectivity index (χ2n) is 11.6. The van der Waals surface area contributed by atoms with Crippen molar-refractivity contribution >= 4 is 46.5 Å². The summed E-state index contributed by atoms with van der Waals surface area (Å²) in [5.74, 6) is -3.82. The van der Waals surface area contributed by atoms with Crippen molar-refractivity contribution in [3.8, 4) is 0 Å². The van der Waals surface area contributed by atoms with Gasteiger partial charge >= 0.3 is 0 Å². The summed E-state index contributed by atoms with van der Waals surface area (Å²) in [4.78, 5) is 42.0. The minimum Gasteiger partial charge on any atom is -0.322 e. The van der Waals surface area contributed by atoms with Crippen molar-refractivity contribution in [2.45, 2.75) is 56.7 Å². The summed E-state index contributed by atoms with van der Waals surface area (Å²) >= 11 is 12.5. The summed E-state index contributed by atoms with van der Waals surface area (Å²) in [5, 5.41) is 3.30. The fourth-order valence-electron chi connectivity index (χ4n) is 6.67. The Kier molecular flexibility index (Phi) is 8.13. The molecule has 2 atom stereocenters. The SMILES string of the molecule is O=C1CCC(N2Cc3cc(CCN4CCC(N5CC=C(c6cccc(Cl)c6Cl)CC5)C(F)(F)C4)ccc3C2=O)C(=O)N1. The van der Waals surface area contributed by atoms with Crippen LogP contribution in [0.15, 0.2) is 42.5 Å². The molecule has 2 saturated heterocycles. The molecule has 7 nitrogen and oxygen atoms in total. The highest BCUT2D eigenvalue weighted by Gasteiger charge is 2.47. The fraction of sp³-hybridized carbons (Fsp3) is 0.452. The Hall–Kier alpha value is -2.85. The van der Waals surface area contributed by atoms with Gasteiger partial charge in [0.1, 0.15) is 6.04 Å². The van der Waals surface area contributed by atoms with Gasteiger partial charge in [-0.15, -0.1) is 0 Å². The second kappa shape index (κ2) is 11.7. The van der Waals surface area contributed by atoms with Gasteiger partial charge in [-0.05, 0) is 60.1 Å². The van der Waals surface area contributed by atoms with Crippen LogP contribution in [-0.2, 0) is 22.6 Å². The van der Waals surface area contributed by atoms with Gasteiger partial charge in [-0.3, -0.25) is 29.5 Å². The number of amides is 3. The smallest absolute Gasteiger partial charge is 0.275 e. The number of piperidine rings is 2. The Morgan fingerprint density at radius 1 is 1.00 bits per heavy atom. The normalized spacial score (nSPS) is 24.9. The van der Waals surface area contributed by atoms with E-state index in [9.17, 15) is 14.4 Å². The molecule has 222 valence electrons. The molecule has 0 radical (unpaired) electrons. The lowest BCUT2D eigenvalue weighted by molar-refractivity contribution is -0.136. The van der Waals surface area contributed by atoms with E-state index in [2.05, 4.69) is 5.32 Å². The summed E-state index contributed by atoms with van der Waals surface area (Å²) in [5.41, 5.74) is 4.24. The van der Waals surface area contributed by atoms with Gasteiger partial charge in [-0.25, -0.2) is 8.78 Å². The highest BCUT2D eigenvalue weighted by molar-refractivity contribution is 6.43. The Labute approximate surface area is 253 Å². The molecular formula is C31H32Cl2F2N4O3. The summed E-state index contributed by atoms with van der Waals surface area (Å²) in [6, 6.07) is 9.58. The van der Waals surface area contributed by atoms with Crippen LogP contribution in [0.25, 0.3) is 5.57 Å². The first-order valence-corrected chi connectivity index (χ1v) is 15.1. The Bertz CT molecular complexity index is 1470. The molecule has 4 aliphatic heterocycles. The van der Waals surface area contributed by atoms with Crippen molar-refractivity contribution in [3.05, 3.63) is 74.8 Å². The Morgan fingerprint density at radius 2 is 1.83 bits per heavy atom. The van der Waals surface area contributed by atoms with Crippen molar-refractivity contribution in [1.29, 1.82) is 0 Å². The van der Waals surface area contributed by atoms with Gasteiger partial charge in [0.15, 0.2) is 0 Å². The molecule has 2 aromatic rings. The Balaban J connectivity index is 1.04. The van der Waals surface area contributed by atoms with Crippen LogP contribution in [0.4, 0.5) is 8.78 Å². The van der Waals surface area contributed by atoms with Crippen LogP contribution < -0.4 is 5.32 Å². The lowest BCUT2D eigenvalue weighted by Gasteiger charge is -2.44. The first-order valence-electron chi connectivity index (χ1n) is 14.3. The number of halogens is 4. The monoisotopic (exact) mass is 616 g/mol. The summed E-state index contributed by atoms with van der Waals surface area (Å²) < 4.78 is 30.9. The van der Waals surface area contributed by atoms with Crippen LogP contribution >= 0.6 is 23.2 Å². The van der Waals surface area contributed by atoms with Crippen molar-refractivity contribution in [1.82, 2.24) is 20.0 Å². The predicted molar refractivity (Wildman–Crippen MR) is 157 cm³/mol. The number of nitrogens with one attached hydrogen (secondary N) is 1. The topological polar surface area (TPSA) is 73.0 Å². The zero-order chi connectivity index (χ0) is 29.6. The van der Waals surface area contributed by atoms with Gasteiger partial charge in [-0.2, -0.15) is 0 Å². The Morgan fingerprint density at radius 3 is 2.57 bits per heavy atom. The summed E-state index contributed by atoms with van der Waals surface area (Å²) in [7, 11) is 0. The number of benzene rings is 2. The van der Waals surface area contributed by atoms with Crippen LogP contribution in [0.5, 0.6) is 0 Å². The van der Waals surface area contributed by atoms with Gasteiger partial charge in [0.25, 0.3) is 11.8 Å². The number of carbonyl (C=O) groups excluding carboxylic acids is 3. The van der Waals surface area contributed by atoms with Gasteiger partial charge in [-0.1, -0.05) is 53.5 Å². The molecular weight excluding hydrogens is 585 g/mol. The van der Waals surface area contributed by atoms with Crippen LogP contribution in [0.2, 0.25) is 10.0 Å². The number of nitrogens with zero attached hydrogens (tertiary/aromatic N) is 3. The molecule has 3 amide bonds. The van der Waals surface area contributed by atoms with E-state index in [0.717, 1.165) is 22.3 Å². The van der Waals surface area contributed by atoms with Crippen molar-refractivity contribution in [2.24, 2.45) is 0 Å². The fourth-order valence-corrected chi connectivity index (χ4v) is 7.10. The molecule has 11 heteroatoms. The molecule has 0 aromatic heterocycles. The van der Waals surface area contributed by atoms with E-state index in [4.69, 9.17) is 23.2 Å². The minimum atomic E-state index is -2.84. The number of hydrogen-bond acceptors (Lipinski definition) is 5. The van der Waals surface area contributed by atoms with Crippen molar-refractivity contribution in [2.75, 3.05) is 32.7 Å². The molecule has 2 fully saturated rings. The maximum atomic E-state index is 15.4. The molecule has 2 unspecified atom stereocenters. The molecule has 6 rings (SSSR count). The molecule has 42 heavy (non-hydrogen) atoms. The van der Waals surface area contributed by atoms with E-state index in [0.29, 0.717) is 74.0 Å². The lowest BCUT2D eigenvalue weighted by atomic mass is 9.94. The third-order valence-corrected chi connectivity index (χ3v) is 9.74. The zero-order valence-corrected chi connectivity index (χ0v) is 24.6. The average Bonchev–Trinajstić information content (AvgIpc) is 3.28. The number of rotatable bonds is 6. The van der Waals surface area contributed by atoms with Gasteiger partial charge in [0.2, 0.25) is 11.8 Å². The highest BCUT2D eigenvalue weighted by Crippen LogP contribution is 2.37. The van der Waals surface area contributed by atoms with Gasteiger partial charge < -0.3 is 4.90 Å². The number of carbonyl (C=O) groups is 3. The van der Waals surface area contributed by atoms with Crippen LogP contribution in [0, 0.1) is 0 Å². The van der Waals surface area contributed by atoms with Gasteiger partial charge in [0.05, 0.1) is 22.6 Å². The lowest BCUT2D eigenvalue weighted by Crippen LogP contribution is -2.59. The van der Waals surface area contributed by atoms with E-state index in [1.165, 1.54) is 4.90 Å². The van der Waals surface area contributed by atoms with E-state index in [1.807, 2.05) is 40.1 Å². The molecule has 4 heterocycles. The van der Waals surface area contributed by atoms with Crippen LogP contribution in [0.3, 0.4) is 0 Å². The standard InChI is InChI=1S/C31H32Cl2F2N4O3/c32-24-3-1-2-22(28(24)33)20-9-14-38(15-10-20)26-11-13-37(18-31(26,34)35)12-8-19-4-5-23-21(16-19)17-39(30(23)42)25-6-7-27(40)36-29(25)41/h1-5,9,16,25-26H,6-8,10-15,17-18H2,(H,36,40,41). The number of fused-ring (bicyclic) bond motifs is 1. The predicted octanol–water partition coefficient (Wildman–Crippen LogP) is 4.80. The van der Waals surface area contributed by atoms with E-state index >= 15 is 8.78 Å². The van der Waals surface area contributed by atoms with E-state index < -0.39 is 23.9 Å². The first-order chi connectivity index (χ1) is 20.1. The highest BCUT2D eigenvalue weighted by atomic mass is 35.5. The number of likely N-dealkylation sites (tertiary alicyclic amines) is 1. The molecule has 1 N–H and O–H groups in total.